The summed E-state index contributed by atoms with van der Waals surface area (Å²) in [6, 6.07) is 18.4. The summed E-state index contributed by atoms with van der Waals surface area (Å²) >= 11 is 0. The highest BCUT2D eigenvalue weighted by molar-refractivity contribution is 5.81. The zero-order valence-corrected chi connectivity index (χ0v) is 16.3. The van der Waals surface area contributed by atoms with Crippen molar-refractivity contribution >= 4 is 5.91 Å². The van der Waals surface area contributed by atoms with Gasteiger partial charge in [-0.25, -0.2) is 0 Å². The SMILES string of the molecule is CCc1ccc(CCNC(=O)C(Oc2ccccc2)C2CCCCC2)cc1. The Hall–Kier alpha value is -2.29. The number of amides is 1. The van der Waals surface area contributed by atoms with Crippen LogP contribution in [0.15, 0.2) is 54.6 Å². The molecule has 144 valence electrons. The Balaban J connectivity index is 1.57. The predicted octanol–water partition coefficient (Wildman–Crippen LogP) is 4.94. The highest BCUT2D eigenvalue weighted by atomic mass is 16.5. The minimum absolute atomic E-state index is 0.0240. The Bertz CT molecular complexity index is 690. The van der Waals surface area contributed by atoms with Gasteiger partial charge in [-0.1, -0.05) is 68.7 Å². The number of aryl methyl sites for hydroxylation is 1. The molecule has 0 bridgehead atoms. The second-order valence-electron chi connectivity index (χ2n) is 7.46. The zero-order valence-electron chi connectivity index (χ0n) is 16.3. The van der Waals surface area contributed by atoms with E-state index in [0.29, 0.717) is 12.5 Å². The van der Waals surface area contributed by atoms with Crippen molar-refractivity contribution in [1.82, 2.24) is 5.32 Å². The third-order valence-corrected chi connectivity index (χ3v) is 5.49. The van der Waals surface area contributed by atoms with Crippen molar-refractivity contribution < 1.29 is 9.53 Å². The van der Waals surface area contributed by atoms with Gasteiger partial charge in [0.25, 0.3) is 5.91 Å². The molecule has 3 nitrogen and oxygen atoms in total. The second kappa shape index (κ2) is 10.1. The average molecular weight is 366 g/mol. The van der Waals surface area contributed by atoms with E-state index in [1.165, 1.54) is 30.4 Å². The Morgan fingerprint density at radius 3 is 2.33 bits per heavy atom. The fraction of sp³-hybridized carbons (Fsp3) is 0.458. The van der Waals surface area contributed by atoms with E-state index in [-0.39, 0.29) is 5.91 Å². The number of nitrogens with one attached hydrogen (secondary N) is 1. The van der Waals surface area contributed by atoms with Crippen molar-refractivity contribution in [2.24, 2.45) is 5.92 Å². The van der Waals surface area contributed by atoms with Crippen molar-refractivity contribution in [1.29, 1.82) is 0 Å². The quantitative estimate of drug-likeness (QED) is 0.720. The number of hydrogen-bond donors (Lipinski definition) is 1. The lowest BCUT2D eigenvalue weighted by atomic mass is 9.84. The first-order chi connectivity index (χ1) is 13.3. The van der Waals surface area contributed by atoms with Crippen LogP contribution in [0.1, 0.15) is 50.2 Å². The first kappa shape index (κ1) is 19.5. The van der Waals surface area contributed by atoms with Crippen LogP contribution < -0.4 is 10.1 Å². The van der Waals surface area contributed by atoms with Crippen molar-refractivity contribution in [3.05, 3.63) is 65.7 Å². The minimum Gasteiger partial charge on any atom is -0.480 e. The highest BCUT2D eigenvalue weighted by Gasteiger charge is 2.31. The summed E-state index contributed by atoms with van der Waals surface area (Å²) in [5.41, 5.74) is 2.60. The number of hydrogen-bond acceptors (Lipinski definition) is 2. The normalized spacial score (nSPS) is 15.9. The van der Waals surface area contributed by atoms with Gasteiger partial charge in [0.15, 0.2) is 6.10 Å². The molecule has 3 rings (SSSR count). The number of carbonyl (C=O) groups excluding carboxylic acids is 1. The maximum Gasteiger partial charge on any atom is 0.261 e. The van der Waals surface area contributed by atoms with Crippen LogP contribution in [-0.4, -0.2) is 18.6 Å². The summed E-state index contributed by atoms with van der Waals surface area (Å²) in [6.45, 7) is 2.80. The summed E-state index contributed by atoms with van der Waals surface area (Å²) in [6.07, 6.45) is 7.30. The van der Waals surface area contributed by atoms with Crippen molar-refractivity contribution in [2.45, 2.75) is 58.0 Å². The molecule has 1 aliphatic carbocycles. The fourth-order valence-corrected chi connectivity index (χ4v) is 3.82. The molecule has 1 N–H and O–H groups in total. The third kappa shape index (κ3) is 5.85. The summed E-state index contributed by atoms with van der Waals surface area (Å²) in [5.74, 6) is 1.11. The van der Waals surface area contributed by atoms with E-state index in [9.17, 15) is 4.79 Å². The predicted molar refractivity (Wildman–Crippen MR) is 110 cm³/mol. The highest BCUT2D eigenvalue weighted by Crippen LogP contribution is 2.29. The minimum atomic E-state index is -0.393. The lowest BCUT2D eigenvalue weighted by Crippen LogP contribution is -2.44. The second-order valence-corrected chi connectivity index (χ2v) is 7.46. The van der Waals surface area contributed by atoms with E-state index < -0.39 is 6.10 Å². The van der Waals surface area contributed by atoms with E-state index in [1.54, 1.807) is 0 Å². The smallest absolute Gasteiger partial charge is 0.261 e. The van der Waals surface area contributed by atoms with E-state index in [4.69, 9.17) is 4.74 Å². The number of benzene rings is 2. The van der Waals surface area contributed by atoms with Gasteiger partial charge in [0.1, 0.15) is 5.75 Å². The van der Waals surface area contributed by atoms with Gasteiger partial charge in [0.2, 0.25) is 0 Å². The van der Waals surface area contributed by atoms with Gasteiger partial charge < -0.3 is 10.1 Å². The summed E-state index contributed by atoms with van der Waals surface area (Å²) in [4.78, 5) is 12.9. The molecular weight excluding hydrogens is 334 g/mol. The standard InChI is InChI=1S/C24H31NO2/c1-2-19-13-15-20(16-14-19)17-18-25-24(26)23(21-9-5-3-6-10-21)27-22-11-7-4-8-12-22/h4,7-8,11-16,21,23H,2-3,5-6,9-10,17-18H2,1H3,(H,25,26). The van der Waals surface area contributed by atoms with E-state index in [2.05, 4.69) is 36.5 Å². The topological polar surface area (TPSA) is 38.3 Å². The summed E-state index contributed by atoms with van der Waals surface area (Å²) in [5, 5.41) is 3.11. The average Bonchev–Trinajstić information content (AvgIpc) is 2.74. The molecule has 1 aliphatic rings. The van der Waals surface area contributed by atoms with E-state index >= 15 is 0 Å². The molecule has 0 aromatic heterocycles. The molecule has 1 unspecified atom stereocenters. The van der Waals surface area contributed by atoms with E-state index in [1.807, 2.05) is 30.3 Å². The van der Waals surface area contributed by atoms with Crippen LogP contribution in [0.5, 0.6) is 5.75 Å². The molecule has 2 aromatic carbocycles. The molecule has 1 amide bonds. The van der Waals surface area contributed by atoms with Crippen LogP contribution in [0.25, 0.3) is 0 Å². The van der Waals surface area contributed by atoms with Gasteiger partial charge >= 0.3 is 0 Å². The van der Waals surface area contributed by atoms with Crippen LogP contribution in [0, 0.1) is 5.92 Å². The molecule has 2 aromatic rings. The van der Waals surface area contributed by atoms with Crippen LogP contribution in [0.2, 0.25) is 0 Å². The Morgan fingerprint density at radius 1 is 1.00 bits per heavy atom. The molecular formula is C24H31NO2. The van der Waals surface area contributed by atoms with Crippen LogP contribution in [-0.2, 0) is 17.6 Å². The number of rotatable bonds is 8. The molecule has 0 spiro atoms. The first-order valence-electron chi connectivity index (χ1n) is 10.3. The molecule has 0 heterocycles. The van der Waals surface area contributed by atoms with Crippen molar-refractivity contribution in [3.8, 4) is 5.75 Å². The molecule has 1 atom stereocenters. The number of para-hydroxylation sites is 1. The maximum atomic E-state index is 12.9. The molecule has 0 saturated heterocycles. The van der Waals surface area contributed by atoms with Crippen LogP contribution in [0.4, 0.5) is 0 Å². The Labute approximate surface area is 163 Å². The van der Waals surface area contributed by atoms with Gasteiger partial charge in [-0.15, -0.1) is 0 Å². The van der Waals surface area contributed by atoms with Crippen LogP contribution >= 0.6 is 0 Å². The van der Waals surface area contributed by atoms with Crippen molar-refractivity contribution in [3.63, 3.8) is 0 Å². The van der Waals surface area contributed by atoms with Gasteiger partial charge in [0, 0.05) is 12.5 Å². The molecule has 0 aliphatic heterocycles. The van der Waals surface area contributed by atoms with Crippen LogP contribution in [0.3, 0.4) is 0 Å². The van der Waals surface area contributed by atoms with Crippen molar-refractivity contribution in [2.75, 3.05) is 6.54 Å². The fourth-order valence-electron chi connectivity index (χ4n) is 3.82. The lowest BCUT2D eigenvalue weighted by molar-refractivity contribution is -0.131. The molecule has 0 radical (unpaired) electrons. The Morgan fingerprint density at radius 2 is 1.67 bits per heavy atom. The lowest BCUT2D eigenvalue weighted by Gasteiger charge is -2.29. The van der Waals surface area contributed by atoms with Gasteiger partial charge in [-0.3, -0.25) is 4.79 Å². The molecule has 3 heteroatoms. The summed E-state index contributed by atoms with van der Waals surface area (Å²) < 4.78 is 6.14. The first-order valence-corrected chi connectivity index (χ1v) is 10.3. The third-order valence-electron chi connectivity index (χ3n) is 5.49. The maximum absolute atomic E-state index is 12.9. The molecule has 1 fully saturated rings. The monoisotopic (exact) mass is 365 g/mol. The van der Waals surface area contributed by atoms with Gasteiger partial charge in [-0.2, -0.15) is 0 Å². The zero-order chi connectivity index (χ0) is 18.9. The van der Waals surface area contributed by atoms with Gasteiger partial charge in [-0.05, 0) is 48.9 Å². The number of ether oxygens (including phenoxy) is 1. The largest absolute Gasteiger partial charge is 0.480 e. The Kier molecular flexibility index (Phi) is 7.32. The molecule has 27 heavy (non-hydrogen) atoms. The summed E-state index contributed by atoms with van der Waals surface area (Å²) in [7, 11) is 0. The number of carbonyl (C=O) groups is 1. The van der Waals surface area contributed by atoms with Gasteiger partial charge in [0.05, 0.1) is 0 Å². The molecule has 1 saturated carbocycles. The van der Waals surface area contributed by atoms with E-state index in [0.717, 1.165) is 31.4 Å².